The molecule has 0 saturated carbocycles. The van der Waals surface area contributed by atoms with Gasteiger partial charge in [-0.3, -0.25) is 0 Å². The maximum Gasteiger partial charge on any atom is 0.243 e. The lowest BCUT2D eigenvalue weighted by Crippen LogP contribution is -2.49. The summed E-state index contributed by atoms with van der Waals surface area (Å²) in [5.41, 5.74) is 0.654. The minimum Gasteiger partial charge on any atom is -0.353 e. The molecule has 3 heterocycles. The molecule has 2 aromatic heterocycles. The van der Waals surface area contributed by atoms with Gasteiger partial charge in [0.2, 0.25) is 10.0 Å². The van der Waals surface area contributed by atoms with Crippen LogP contribution in [0.15, 0.2) is 47.6 Å². The van der Waals surface area contributed by atoms with Crippen molar-refractivity contribution >= 4 is 21.5 Å². The molecule has 8 nitrogen and oxygen atoms in total. The monoisotopic (exact) mass is 362 g/mol. The van der Waals surface area contributed by atoms with Crippen molar-refractivity contribution in [2.45, 2.75) is 4.90 Å². The molecule has 0 atom stereocenters. The van der Waals surface area contributed by atoms with Gasteiger partial charge in [0.15, 0.2) is 5.65 Å². The van der Waals surface area contributed by atoms with Crippen LogP contribution in [0.5, 0.6) is 0 Å². The third-order valence-electron chi connectivity index (χ3n) is 4.16. The quantitative estimate of drug-likeness (QED) is 0.685. The zero-order valence-electron chi connectivity index (χ0n) is 13.2. The van der Waals surface area contributed by atoms with Gasteiger partial charge >= 0.3 is 0 Å². The number of anilines is 1. The summed E-state index contributed by atoms with van der Waals surface area (Å²) < 4.78 is 41.3. The van der Waals surface area contributed by atoms with E-state index >= 15 is 0 Å². The van der Waals surface area contributed by atoms with Crippen molar-refractivity contribution in [2.24, 2.45) is 0 Å². The van der Waals surface area contributed by atoms with Crippen molar-refractivity contribution in [3.8, 4) is 0 Å². The van der Waals surface area contributed by atoms with Crippen molar-refractivity contribution in [1.82, 2.24) is 24.1 Å². The van der Waals surface area contributed by atoms with Gasteiger partial charge in [0.25, 0.3) is 0 Å². The second kappa shape index (κ2) is 6.05. The fourth-order valence-corrected chi connectivity index (χ4v) is 4.22. The van der Waals surface area contributed by atoms with E-state index in [-0.39, 0.29) is 4.90 Å². The van der Waals surface area contributed by atoms with E-state index < -0.39 is 15.8 Å². The highest BCUT2D eigenvalue weighted by atomic mass is 32.2. The number of sulfonamides is 1. The van der Waals surface area contributed by atoms with Crippen molar-refractivity contribution in [3.05, 3.63) is 48.5 Å². The van der Waals surface area contributed by atoms with Gasteiger partial charge in [-0.15, -0.1) is 15.3 Å². The molecule has 0 spiro atoms. The molecule has 0 unspecified atom stereocenters. The Balaban J connectivity index is 1.49. The van der Waals surface area contributed by atoms with Crippen LogP contribution in [0.2, 0.25) is 0 Å². The molecule has 0 N–H and O–H groups in total. The number of hydrogen-bond acceptors (Lipinski definition) is 6. The predicted molar refractivity (Wildman–Crippen MR) is 88.2 cm³/mol. The van der Waals surface area contributed by atoms with E-state index in [1.807, 2.05) is 17.0 Å². The molecule has 0 amide bonds. The first-order valence-electron chi connectivity index (χ1n) is 7.72. The van der Waals surface area contributed by atoms with E-state index in [1.54, 1.807) is 4.52 Å². The van der Waals surface area contributed by atoms with Crippen LogP contribution in [0.4, 0.5) is 10.2 Å². The third-order valence-corrected chi connectivity index (χ3v) is 6.07. The summed E-state index contributed by atoms with van der Waals surface area (Å²) >= 11 is 0. The first kappa shape index (κ1) is 15.9. The number of fused-ring (bicyclic) bond motifs is 1. The van der Waals surface area contributed by atoms with E-state index in [1.165, 1.54) is 22.8 Å². The summed E-state index contributed by atoms with van der Waals surface area (Å²) in [6, 6.07) is 8.55. The summed E-state index contributed by atoms with van der Waals surface area (Å²) in [5, 5.41) is 12.1. The maximum atomic E-state index is 13.0. The fraction of sp³-hybridized carbons (Fsp3) is 0.267. The second-order valence-corrected chi connectivity index (χ2v) is 7.61. The second-order valence-electron chi connectivity index (χ2n) is 5.67. The first-order valence-corrected chi connectivity index (χ1v) is 9.16. The van der Waals surface area contributed by atoms with Gasteiger partial charge in [-0.25, -0.2) is 12.8 Å². The topological polar surface area (TPSA) is 83.7 Å². The lowest BCUT2D eigenvalue weighted by Gasteiger charge is -2.34. The number of piperazine rings is 1. The summed E-state index contributed by atoms with van der Waals surface area (Å²) in [6.45, 7) is 1.70. The molecule has 4 rings (SSSR count). The van der Waals surface area contributed by atoms with E-state index in [9.17, 15) is 12.8 Å². The Labute approximate surface area is 143 Å². The molecule has 1 saturated heterocycles. The van der Waals surface area contributed by atoms with E-state index in [2.05, 4.69) is 15.3 Å². The minimum absolute atomic E-state index is 0.103. The maximum absolute atomic E-state index is 13.0. The molecule has 0 radical (unpaired) electrons. The van der Waals surface area contributed by atoms with Gasteiger partial charge in [-0.2, -0.15) is 8.82 Å². The highest BCUT2D eigenvalue weighted by Crippen LogP contribution is 2.20. The number of halogens is 1. The number of hydrogen-bond donors (Lipinski definition) is 0. The normalized spacial score (nSPS) is 16.4. The summed E-state index contributed by atoms with van der Waals surface area (Å²) in [4.78, 5) is 2.11. The Bertz CT molecular complexity index is 996. The molecular weight excluding hydrogens is 347 g/mol. The molecule has 0 aliphatic carbocycles. The summed E-state index contributed by atoms with van der Waals surface area (Å²) in [6.07, 6.45) is 1.52. The molecule has 1 fully saturated rings. The Morgan fingerprint density at radius 3 is 2.40 bits per heavy atom. The lowest BCUT2D eigenvalue weighted by molar-refractivity contribution is 0.383. The number of benzene rings is 1. The molecule has 0 bridgehead atoms. The van der Waals surface area contributed by atoms with E-state index in [4.69, 9.17) is 0 Å². The molecular formula is C15H15FN6O2S. The molecule has 1 aromatic carbocycles. The highest BCUT2D eigenvalue weighted by molar-refractivity contribution is 7.89. The summed E-state index contributed by atoms with van der Waals surface area (Å²) in [5.74, 6) is 0.283. The van der Waals surface area contributed by atoms with E-state index in [0.29, 0.717) is 31.8 Å². The van der Waals surface area contributed by atoms with Gasteiger partial charge in [-0.05, 0) is 36.4 Å². The minimum atomic E-state index is -3.62. The third kappa shape index (κ3) is 2.94. The zero-order valence-corrected chi connectivity index (χ0v) is 14.0. The Morgan fingerprint density at radius 1 is 0.960 bits per heavy atom. The first-order chi connectivity index (χ1) is 12.0. The van der Waals surface area contributed by atoms with Gasteiger partial charge in [0.05, 0.1) is 4.90 Å². The summed E-state index contributed by atoms with van der Waals surface area (Å²) in [7, 11) is -3.62. The molecule has 25 heavy (non-hydrogen) atoms. The standard InChI is InChI=1S/C15H15FN6O2S/c16-12-1-3-13(4-2-12)25(23,24)21-9-7-20(8-10-21)15-6-5-14-18-17-11-22(14)19-15/h1-6,11H,7-10H2. The van der Waals surface area contributed by atoms with Gasteiger partial charge in [0.1, 0.15) is 18.0 Å². The number of nitrogens with zero attached hydrogens (tertiary/aromatic N) is 6. The number of aromatic nitrogens is 4. The largest absolute Gasteiger partial charge is 0.353 e. The van der Waals surface area contributed by atoms with Gasteiger partial charge in [0, 0.05) is 26.2 Å². The van der Waals surface area contributed by atoms with Gasteiger partial charge < -0.3 is 4.90 Å². The Hall–Kier alpha value is -2.59. The predicted octanol–water partition coefficient (Wildman–Crippen LogP) is 0.774. The van der Waals surface area contributed by atoms with Crippen LogP contribution in [0.1, 0.15) is 0 Å². The van der Waals surface area contributed by atoms with Crippen LogP contribution in [0, 0.1) is 5.82 Å². The van der Waals surface area contributed by atoms with Gasteiger partial charge in [-0.1, -0.05) is 0 Å². The van der Waals surface area contributed by atoms with Crippen LogP contribution in [-0.2, 0) is 10.0 Å². The lowest BCUT2D eigenvalue weighted by atomic mass is 10.3. The molecule has 1 aliphatic heterocycles. The van der Waals surface area contributed by atoms with Crippen molar-refractivity contribution in [2.75, 3.05) is 31.1 Å². The Kier molecular flexibility index (Phi) is 3.85. The number of rotatable bonds is 3. The fourth-order valence-electron chi connectivity index (χ4n) is 2.80. The van der Waals surface area contributed by atoms with Crippen molar-refractivity contribution in [1.29, 1.82) is 0 Å². The van der Waals surface area contributed by atoms with Crippen LogP contribution in [0.3, 0.4) is 0 Å². The van der Waals surface area contributed by atoms with Crippen LogP contribution in [0.25, 0.3) is 5.65 Å². The van der Waals surface area contributed by atoms with Crippen LogP contribution in [-0.4, -0.2) is 58.7 Å². The average Bonchev–Trinajstić information content (AvgIpc) is 3.10. The van der Waals surface area contributed by atoms with E-state index in [0.717, 1.165) is 18.0 Å². The molecule has 3 aromatic rings. The van der Waals surface area contributed by atoms with Crippen molar-refractivity contribution in [3.63, 3.8) is 0 Å². The van der Waals surface area contributed by atoms with Crippen LogP contribution >= 0.6 is 0 Å². The molecule has 10 heteroatoms. The van der Waals surface area contributed by atoms with Crippen LogP contribution < -0.4 is 4.90 Å². The molecule has 1 aliphatic rings. The SMILES string of the molecule is O=S(=O)(c1ccc(F)cc1)N1CCN(c2ccc3nncn3n2)CC1. The molecule has 130 valence electrons. The zero-order chi connectivity index (χ0) is 17.4. The Morgan fingerprint density at radius 2 is 1.68 bits per heavy atom. The van der Waals surface area contributed by atoms with Crippen molar-refractivity contribution < 1.29 is 12.8 Å². The highest BCUT2D eigenvalue weighted by Gasteiger charge is 2.29. The smallest absolute Gasteiger partial charge is 0.243 e. The average molecular weight is 362 g/mol.